The zero-order valence-electron chi connectivity index (χ0n) is 14.2. The van der Waals surface area contributed by atoms with Gasteiger partial charge in [0.15, 0.2) is 11.5 Å². The van der Waals surface area contributed by atoms with Crippen molar-refractivity contribution in [2.45, 2.75) is 38.3 Å². The van der Waals surface area contributed by atoms with Crippen molar-refractivity contribution >= 4 is 5.97 Å². The van der Waals surface area contributed by atoms with Crippen molar-refractivity contribution in [1.82, 2.24) is 0 Å². The number of esters is 1. The maximum Gasteiger partial charge on any atom is 0.303 e. The molecule has 0 fully saturated rings. The molecule has 0 bridgehead atoms. The molecule has 2 atom stereocenters. The van der Waals surface area contributed by atoms with Crippen LogP contribution in [0.1, 0.15) is 37.0 Å². The lowest BCUT2D eigenvalue weighted by Gasteiger charge is -2.22. The van der Waals surface area contributed by atoms with Crippen molar-refractivity contribution in [3.63, 3.8) is 0 Å². The van der Waals surface area contributed by atoms with E-state index >= 15 is 0 Å². The third-order valence-electron chi connectivity index (χ3n) is 4.05. The van der Waals surface area contributed by atoms with E-state index in [1.165, 1.54) is 21.1 Å². The summed E-state index contributed by atoms with van der Waals surface area (Å²) in [5.41, 5.74) is 10.4. The average molecular weight is 335 g/mol. The average Bonchev–Trinajstić information content (AvgIpc) is 2.72. The van der Waals surface area contributed by atoms with Crippen LogP contribution in [0.4, 0.5) is 0 Å². The Balaban J connectivity index is 2.62. The van der Waals surface area contributed by atoms with E-state index in [9.17, 15) is 4.79 Å². The van der Waals surface area contributed by atoms with Gasteiger partial charge in [0.05, 0.1) is 21.3 Å². The fourth-order valence-corrected chi connectivity index (χ4v) is 3.07. The third kappa shape index (κ3) is 3.49. The highest BCUT2D eigenvalue weighted by Crippen LogP contribution is 2.47. The first-order valence-corrected chi connectivity index (χ1v) is 7.58. The molecule has 1 aromatic carbocycles. The number of fused-ring (bicyclic) bond motifs is 1. The van der Waals surface area contributed by atoms with Crippen LogP contribution >= 0.6 is 0 Å². The van der Waals surface area contributed by atoms with E-state index in [-0.39, 0.29) is 6.04 Å². The molecule has 8 heteroatoms. The molecule has 0 aromatic heterocycles. The van der Waals surface area contributed by atoms with E-state index in [2.05, 4.69) is 10.0 Å². The van der Waals surface area contributed by atoms with Crippen molar-refractivity contribution < 1.29 is 23.7 Å². The van der Waals surface area contributed by atoms with Crippen molar-refractivity contribution in [1.29, 1.82) is 0 Å². The van der Waals surface area contributed by atoms with Crippen LogP contribution in [0.5, 0.6) is 17.2 Å². The SMILES string of the molecule is COc1cc2c(c(OC)c1OC)CCC(N=[N+]=[N-])CC2OC(C)=O. The van der Waals surface area contributed by atoms with Gasteiger partial charge in [0, 0.05) is 29.0 Å². The molecule has 130 valence electrons. The lowest BCUT2D eigenvalue weighted by molar-refractivity contribution is -0.147. The van der Waals surface area contributed by atoms with Crippen LogP contribution in [-0.2, 0) is 16.0 Å². The maximum atomic E-state index is 11.5. The second-order valence-electron chi connectivity index (χ2n) is 5.44. The van der Waals surface area contributed by atoms with Gasteiger partial charge in [-0.3, -0.25) is 4.79 Å². The molecular formula is C16H21N3O5. The first-order valence-electron chi connectivity index (χ1n) is 7.58. The van der Waals surface area contributed by atoms with E-state index in [0.717, 1.165) is 11.1 Å². The number of carbonyl (C=O) groups is 1. The van der Waals surface area contributed by atoms with Crippen LogP contribution in [-0.4, -0.2) is 33.3 Å². The summed E-state index contributed by atoms with van der Waals surface area (Å²) in [6.07, 6.45) is 1.11. The number of ether oxygens (including phenoxy) is 4. The van der Waals surface area contributed by atoms with Crippen LogP contribution in [0.2, 0.25) is 0 Å². The van der Waals surface area contributed by atoms with Crippen LogP contribution in [0.3, 0.4) is 0 Å². The Labute approximate surface area is 140 Å². The van der Waals surface area contributed by atoms with Crippen LogP contribution < -0.4 is 14.2 Å². The molecule has 0 heterocycles. The molecule has 2 rings (SSSR count). The quantitative estimate of drug-likeness (QED) is 0.270. The summed E-state index contributed by atoms with van der Waals surface area (Å²) in [7, 11) is 4.62. The molecule has 0 spiro atoms. The van der Waals surface area contributed by atoms with E-state index in [1.807, 2.05) is 0 Å². The number of azide groups is 1. The minimum Gasteiger partial charge on any atom is -0.493 e. The second kappa shape index (κ2) is 7.79. The van der Waals surface area contributed by atoms with Gasteiger partial charge in [0.1, 0.15) is 6.10 Å². The normalized spacial score (nSPS) is 19.3. The van der Waals surface area contributed by atoms with Crippen molar-refractivity contribution in [3.05, 3.63) is 27.6 Å². The topological polar surface area (TPSA) is 103 Å². The number of nitrogens with zero attached hydrogens (tertiary/aromatic N) is 3. The molecule has 8 nitrogen and oxygen atoms in total. The Morgan fingerprint density at radius 3 is 2.50 bits per heavy atom. The van der Waals surface area contributed by atoms with E-state index in [1.54, 1.807) is 13.2 Å². The van der Waals surface area contributed by atoms with Crippen molar-refractivity contribution in [3.8, 4) is 17.2 Å². The Morgan fingerprint density at radius 2 is 1.96 bits per heavy atom. The number of rotatable bonds is 5. The molecule has 1 aromatic rings. The highest BCUT2D eigenvalue weighted by atomic mass is 16.5. The number of benzene rings is 1. The fourth-order valence-electron chi connectivity index (χ4n) is 3.07. The molecular weight excluding hydrogens is 314 g/mol. The van der Waals surface area contributed by atoms with Crippen molar-refractivity contribution in [2.75, 3.05) is 21.3 Å². The predicted molar refractivity (Wildman–Crippen MR) is 86.5 cm³/mol. The van der Waals surface area contributed by atoms with E-state index < -0.39 is 12.1 Å². The number of hydrogen-bond donors (Lipinski definition) is 0. The second-order valence-corrected chi connectivity index (χ2v) is 5.44. The van der Waals surface area contributed by atoms with E-state index in [4.69, 9.17) is 24.5 Å². The third-order valence-corrected chi connectivity index (χ3v) is 4.05. The molecule has 2 unspecified atom stereocenters. The summed E-state index contributed by atoms with van der Waals surface area (Å²) < 4.78 is 21.8. The molecule has 0 amide bonds. The van der Waals surface area contributed by atoms with Gasteiger partial charge >= 0.3 is 5.97 Å². The zero-order chi connectivity index (χ0) is 17.7. The first kappa shape index (κ1) is 17.7. The fraction of sp³-hybridized carbons (Fsp3) is 0.562. The molecule has 24 heavy (non-hydrogen) atoms. The van der Waals surface area contributed by atoms with Gasteiger partial charge in [0.25, 0.3) is 0 Å². The molecule has 0 saturated carbocycles. The highest BCUT2D eigenvalue weighted by molar-refractivity contribution is 5.67. The molecule has 0 N–H and O–H groups in total. The van der Waals surface area contributed by atoms with Crippen LogP contribution in [0.25, 0.3) is 10.4 Å². The molecule has 0 radical (unpaired) electrons. The lowest BCUT2D eigenvalue weighted by Crippen LogP contribution is -2.14. The largest absolute Gasteiger partial charge is 0.493 e. The van der Waals surface area contributed by atoms with Gasteiger partial charge in [-0.05, 0) is 30.9 Å². The summed E-state index contributed by atoms with van der Waals surface area (Å²) in [6.45, 7) is 1.35. The minimum atomic E-state index is -0.538. The van der Waals surface area contributed by atoms with Gasteiger partial charge in [0.2, 0.25) is 5.75 Å². The maximum absolute atomic E-state index is 11.5. The standard InChI is InChI=1S/C16H21N3O5/c1-9(20)24-13-7-10(18-19-17)5-6-11-12(13)8-14(21-2)16(23-4)15(11)22-3/h8,10,13H,5-7H2,1-4H3. The Morgan fingerprint density at radius 1 is 1.25 bits per heavy atom. The molecule has 1 aliphatic rings. The minimum absolute atomic E-state index is 0.270. The predicted octanol–water partition coefficient (Wildman–Crippen LogP) is 3.33. The summed E-state index contributed by atoms with van der Waals surface area (Å²) in [6, 6.07) is 1.52. The summed E-state index contributed by atoms with van der Waals surface area (Å²) >= 11 is 0. The molecule has 0 saturated heterocycles. The number of hydrogen-bond acceptors (Lipinski definition) is 6. The molecule has 1 aliphatic carbocycles. The van der Waals surface area contributed by atoms with E-state index in [0.29, 0.717) is 36.5 Å². The van der Waals surface area contributed by atoms with Gasteiger partial charge in [-0.15, -0.1) is 0 Å². The lowest BCUT2D eigenvalue weighted by atomic mass is 9.98. The van der Waals surface area contributed by atoms with Gasteiger partial charge < -0.3 is 18.9 Å². The van der Waals surface area contributed by atoms with Crippen LogP contribution in [0.15, 0.2) is 11.2 Å². The summed E-state index contributed by atoms with van der Waals surface area (Å²) in [4.78, 5) is 14.4. The van der Waals surface area contributed by atoms with Crippen LogP contribution in [0, 0.1) is 0 Å². The summed E-state index contributed by atoms with van der Waals surface area (Å²) in [5.74, 6) is 1.13. The van der Waals surface area contributed by atoms with Gasteiger partial charge in [-0.2, -0.15) is 0 Å². The highest BCUT2D eigenvalue weighted by Gasteiger charge is 2.31. The summed E-state index contributed by atoms with van der Waals surface area (Å²) in [5, 5.41) is 3.81. The Kier molecular flexibility index (Phi) is 5.76. The Hall–Kier alpha value is -2.60. The number of carbonyl (C=O) groups excluding carboxylic acids is 1. The zero-order valence-corrected chi connectivity index (χ0v) is 14.2. The van der Waals surface area contributed by atoms with Gasteiger partial charge in [-0.25, -0.2) is 0 Å². The first-order chi connectivity index (χ1) is 11.5. The number of methoxy groups -OCH3 is 3. The molecule has 0 aliphatic heterocycles. The van der Waals surface area contributed by atoms with Crippen molar-refractivity contribution in [2.24, 2.45) is 5.11 Å². The Bertz CT molecular complexity index is 670. The van der Waals surface area contributed by atoms with Gasteiger partial charge in [-0.1, -0.05) is 5.11 Å². The monoisotopic (exact) mass is 335 g/mol. The smallest absolute Gasteiger partial charge is 0.303 e.